The first-order valence-electron chi connectivity index (χ1n) is 6.67. The molecule has 1 N–H and O–H groups in total. The van der Waals surface area contributed by atoms with Crippen molar-refractivity contribution < 1.29 is 9.90 Å². The van der Waals surface area contributed by atoms with Crippen molar-refractivity contribution in [3.8, 4) is 0 Å². The Hall–Kier alpha value is -2.26. The molecule has 0 aliphatic rings. The Morgan fingerprint density at radius 3 is 2.52 bits per heavy atom. The van der Waals surface area contributed by atoms with Gasteiger partial charge >= 0.3 is 5.97 Å². The van der Waals surface area contributed by atoms with Gasteiger partial charge in [-0.3, -0.25) is 4.79 Å². The molecule has 1 heterocycles. The van der Waals surface area contributed by atoms with Crippen LogP contribution in [0, 0.1) is 0 Å². The number of carbonyl (C=O) groups is 1. The Morgan fingerprint density at radius 1 is 1.05 bits per heavy atom. The van der Waals surface area contributed by atoms with Crippen LogP contribution in [0.1, 0.15) is 11.1 Å². The Labute approximate surface area is 127 Å². The van der Waals surface area contributed by atoms with Crippen LogP contribution in [-0.2, 0) is 17.8 Å². The topological polar surface area (TPSA) is 42.2 Å². The molecule has 0 spiro atoms. The number of fused-ring (bicyclic) bond motifs is 1. The Balaban J connectivity index is 2.06. The molecule has 3 nitrogen and oxygen atoms in total. The zero-order valence-corrected chi connectivity index (χ0v) is 12.0. The van der Waals surface area contributed by atoms with E-state index < -0.39 is 5.97 Å². The highest BCUT2D eigenvalue weighted by atomic mass is 35.5. The number of carboxylic acids is 1. The lowest BCUT2D eigenvalue weighted by atomic mass is 10.1. The fraction of sp³-hybridized carbons (Fsp3) is 0.118. The largest absolute Gasteiger partial charge is 0.481 e. The lowest BCUT2D eigenvalue weighted by Crippen LogP contribution is -2.00. The van der Waals surface area contributed by atoms with Crippen molar-refractivity contribution in [2.24, 2.45) is 0 Å². The summed E-state index contributed by atoms with van der Waals surface area (Å²) < 4.78 is 2.05. The molecule has 0 atom stereocenters. The molecule has 21 heavy (non-hydrogen) atoms. The van der Waals surface area contributed by atoms with E-state index in [0.29, 0.717) is 6.54 Å². The maximum atomic E-state index is 11.0. The van der Waals surface area contributed by atoms with Gasteiger partial charge < -0.3 is 9.67 Å². The average molecular weight is 300 g/mol. The van der Waals surface area contributed by atoms with E-state index in [9.17, 15) is 4.79 Å². The van der Waals surface area contributed by atoms with Crippen LogP contribution < -0.4 is 0 Å². The van der Waals surface area contributed by atoms with Gasteiger partial charge in [0, 0.05) is 28.7 Å². The molecule has 0 unspecified atom stereocenters. The first-order valence-corrected chi connectivity index (χ1v) is 7.05. The van der Waals surface area contributed by atoms with Crippen LogP contribution in [0.25, 0.3) is 10.9 Å². The summed E-state index contributed by atoms with van der Waals surface area (Å²) in [5.41, 5.74) is 2.86. The summed E-state index contributed by atoms with van der Waals surface area (Å²) in [5, 5.41) is 10.7. The van der Waals surface area contributed by atoms with Crippen molar-refractivity contribution in [1.82, 2.24) is 4.57 Å². The second-order valence-corrected chi connectivity index (χ2v) is 5.37. The number of para-hydroxylation sites is 1. The van der Waals surface area contributed by atoms with Crippen LogP contribution in [-0.4, -0.2) is 15.6 Å². The van der Waals surface area contributed by atoms with Gasteiger partial charge in [0.15, 0.2) is 0 Å². The summed E-state index contributed by atoms with van der Waals surface area (Å²) >= 11 is 6.21. The number of hydrogen-bond acceptors (Lipinski definition) is 1. The summed E-state index contributed by atoms with van der Waals surface area (Å²) in [6.45, 7) is 0.625. The van der Waals surface area contributed by atoms with E-state index in [4.69, 9.17) is 16.7 Å². The molecule has 0 saturated heterocycles. The van der Waals surface area contributed by atoms with Crippen molar-refractivity contribution in [2.45, 2.75) is 13.0 Å². The van der Waals surface area contributed by atoms with Crippen LogP contribution in [0.4, 0.5) is 0 Å². The first kappa shape index (κ1) is 13.7. The Kier molecular flexibility index (Phi) is 3.67. The molecule has 0 bridgehead atoms. The number of hydrogen-bond donors (Lipinski definition) is 1. The lowest BCUT2D eigenvalue weighted by Gasteiger charge is -2.07. The average Bonchev–Trinajstić information content (AvgIpc) is 2.79. The normalized spacial score (nSPS) is 10.9. The number of carboxylic acid groups (broad SMARTS) is 1. The predicted molar refractivity (Wildman–Crippen MR) is 83.8 cm³/mol. The highest BCUT2D eigenvalue weighted by molar-refractivity contribution is 6.31. The van der Waals surface area contributed by atoms with Crippen molar-refractivity contribution in [3.05, 3.63) is 70.9 Å². The number of aromatic nitrogens is 1. The van der Waals surface area contributed by atoms with Crippen molar-refractivity contribution in [2.75, 3.05) is 0 Å². The van der Waals surface area contributed by atoms with Crippen LogP contribution in [0.2, 0.25) is 5.02 Å². The summed E-state index contributed by atoms with van der Waals surface area (Å²) in [5.74, 6) is -0.823. The molecule has 0 radical (unpaired) electrons. The van der Waals surface area contributed by atoms with E-state index in [1.54, 1.807) is 0 Å². The van der Waals surface area contributed by atoms with E-state index in [1.165, 1.54) is 0 Å². The van der Waals surface area contributed by atoms with Gasteiger partial charge in [-0.25, -0.2) is 0 Å². The third-order valence-corrected chi connectivity index (χ3v) is 3.88. The summed E-state index contributed by atoms with van der Waals surface area (Å²) in [6, 6.07) is 15.5. The van der Waals surface area contributed by atoms with E-state index in [2.05, 4.69) is 4.57 Å². The van der Waals surface area contributed by atoms with Gasteiger partial charge in [-0.1, -0.05) is 48.0 Å². The van der Waals surface area contributed by atoms with Crippen LogP contribution in [0.15, 0.2) is 54.7 Å². The standard InChI is InChI=1S/C17H14ClNO2/c18-15-7-3-1-5-12(15)10-19-11-13(9-17(20)21)14-6-2-4-8-16(14)19/h1-8,11H,9-10H2,(H,20,21). The number of nitrogens with zero attached hydrogens (tertiary/aromatic N) is 1. The maximum absolute atomic E-state index is 11.0. The van der Waals surface area contributed by atoms with Gasteiger partial charge in [-0.05, 0) is 23.3 Å². The van der Waals surface area contributed by atoms with E-state index >= 15 is 0 Å². The second-order valence-electron chi connectivity index (χ2n) is 4.96. The summed E-state index contributed by atoms with van der Waals surface area (Å²) in [6.07, 6.45) is 1.93. The van der Waals surface area contributed by atoms with Crippen LogP contribution in [0.5, 0.6) is 0 Å². The molecule has 4 heteroatoms. The van der Waals surface area contributed by atoms with Crippen LogP contribution in [0.3, 0.4) is 0 Å². The van der Waals surface area contributed by atoms with E-state index in [0.717, 1.165) is 27.1 Å². The molecule has 0 aliphatic carbocycles. The maximum Gasteiger partial charge on any atom is 0.307 e. The van der Waals surface area contributed by atoms with Gasteiger partial charge in [-0.2, -0.15) is 0 Å². The molecule has 106 valence electrons. The zero-order valence-electron chi connectivity index (χ0n) is 11.3. The molecular formula is C17H14ClNO2. The van der Waals surface area contributed by atoms with Gasteiger partial charge in [0.1, 0.15) is 0 Å². The minimum absolute atomic E-state index is 0.0238. The highest BCUT2D eigenvalue weighted by Crippen LogP contribution is 2.24. The summed E-state index contributed by atoms with van der Waals surface area (Å²) in [4.78, 5) is 11.0. The molecule has 0 saturated carbocycles. The molecule has 0 amide bonds. The Morgan fingerprint density at radius 2 is 1.76 bits per heavy atom. The number of aliphatic carboxylic acids is 1. The minimum atomic E-state index is -0.823. The molecule has 3 rings (SSSR count). The molecule has 0 aliphatic heterocycles. The number of halogens is 1. The monoisotopic (exact) mass is 299 g/mol. The van der Waals surface area contributed by atoms with E-state index in [-0.39, 0.29) is 6.42 Å². The molecule has 3 aromatic rings. The first-order chi connectivity index (χ1) is 10.1. The molecular weight excluding hydrogens is 286 g/mol. The zero-order chi connectivity index (χ0) is 14.8. The quantitative estimate of drug-likeness (QED) is 0.792. The smallest absolute Gasteiger partial charge is 0.307 e. The van der Waals surface area contributed by atoms with Crippen molar-refractivity contribution >= 4 is 28.5 Å². The van der Waals surface area contributed by atoms with Gasteiger partial charge in [0.2, 0.25) is 0 Å². The fourth-order valence-electron chi connectivity index (χ4n) is 2.57. The third kappa shape index (κ3) is 2.78. The highest BCUT2D eigenvalue weighted by Gasteiger charge is 2.11. The fourth-order valence-corrected chi connectivity index (χ4v) is 2.76. The minimum Gasteiger partial charge on any atom is -0.481 e. The van der Waals surface area contributed by atoms with E-state index in [1.807, 2.05) is 54.7 Å². The van der Waals surface area contributed by atoms with Crippen molar-refractivity contribution in [3.63, 3.8) is 0 Å². The SMILES string of the molecule is O=C(O)Cc1cn(Cc2ccccc2Cl)c2ccccc12. The van der Waals surface area contributed by atoms with Crippen molar-refractivity contribution in [1.29, 1.82) is 0 Å². The predicted octanol–water partition coefficient (Wildman–Crippen LogP) is 3.97. The molecule has 2 aromatic carbocycles. The Bertz CT molecular complexity index is 807. The van der Waals surface area contributed by atoms with Gasteiger partial charge in [0.05, 0.1) is 6.42 Å². The number of benzene rings is 2. The van der Waals surface area contributed by atoms with Crippen LogP contribution >= 0.6 is 11.6 Å². The lowest BCUT2D eigenvalue weighted by molar-refractivity contribution is -0.136. The third-order valence-electron chi connectivity index (χ3n) is 3.51. The van der Waals surface area contributed by atoms with Gasteiger partial charge in [0.25, 0.3) is 0 Å². The summed E-state index contributed by atoms with van der Waals surface area (Å²) in [7, 11) is 0. The second kappa shape index (κ2) is 5.62. The number of rotatable bonds is 4. The molecule has 1 aromatic heterocycles. The van der Waals surface area contributed by atoms with Gasteiger partial charge in [-0.15, -0.1) is 0 Å². The molecule has 0 fully saturated rings.